The zero-order valence-corrected chi connectivity index (χ0v) is 15.9. The Balaban J connectivity index is 0.00000242. The van der Waals surface area contributed by atoms with Crippen LogP contribution in [0.5, 0.6) is 0 Å². The molecule has 22 heavy (non-hydrogen) atoms. The van der Waals surface area contributed by atoms with Crippen molar-refractivity contribution in [1.82, 2.24) is 0 Å². The highest BCUT2D eigenvalue weighted by molar-refractivity contribution is 14.0. The van der Waals surface area contributed by atoms with Crippen LogP contribution in [0.4, 0.5) is 5.69 Å². The summed E-state index contributed by atoms with van der Waals surface area (Å²) >= 11 is 0. The summed E-state index contributed by atoms with van der Waals surface area (Å²) in [5, 5.41) is 3.13. The number of hydrogen-bond acceptors (Lipinski definition) is 1. The molecule has 0 spiro atoms. The van der Waals surface area contributed by atoms with E-state index in [2.05, 4.69) is 56.2 Å². The second-order valence-corrected chi connectivity index (χ2v) is 5.57. The number of anilines is 1. The van der Waals surface area contributed by atoms with Crippen LogP contribution in [0, 0.1) is 27.7 Å². The van der Waals surface area contributed by atoms with Crippen molar-refractivity contribution in [2.45, 2.75) is 34.2 Å². The molecule has 2 aromatic rings. The van der Waals surface area contributed by atoms with Crippen molar-refractivity contribution in [3.63, 3.8) is 0 Å². The fourth-order valence-electron chi connectivity index (χ4n) is 2.53. The van der Waals surface area contributed by atoms with Gasteiger partial charge in [0, 0.05) is 5.69 Å². The van der Waals surface area contributed by atoms with E-state index < -0.39 is 0 Å². The SMILES string of the molecule is Cc1cccc(NC(N)=NCc2c(C)cc(C)cc2C)c1.I. The molecule has 3 nitrogen and oxygen atoms in total. The summed E-state index contributed by atoms with van der Waals surface area (Å²) in [6.07, 6.45) is 0. The maximum Gasteiger partial charge on any atom is 0.193 e. The smallest absolute Gasteiger partial charge is 0.193 e. The van der Waals surface area contributed by atoms with Crippen LogP contribution in [0.3, 0.4) is 0 Å². The van der Waals surface area contributed by atoms with Crippen molar-refractivity contribution in [3.05, 3.63) is 64.2 Å². The topological polar surface area (TPSA) is 50.4 Å². The number of nitrogens with one attached hydrogen (secondary N) is 1. The largest absolute Gasteiger partial charge is 0.370 e. The molecule has 0 aliphatic heterocycles. The first kappa shape index (κ1) is 18.5. The van der Waals surface area contributed by atoms with E-state index in [9.17, 15) is 0 Å². The van der Waals surface area contributed by atoms with Crippen LogP contribution in [-0.4, -0.2) is 5.96 Å². The number of rotatable bonds is 3. The molecular formula is C18H24IN3. The number of nitrogens with two attached hydrogens (primary N) is 1. The zero-order chi connectivity index (χ0) is 15.4. The highest BCUT2D eigenvalue weighted by atomic mass is 127. The number of guanidine groups is 1. The second-order valence-electron chi connectivity index (χ2n) is 5.57. The molecule has 0 amide bonds. The van der Waals surface area contributed by atoms with Crippen LogP contribution in [-0.2, 0) is 6.54 Å². The highest BCUT2D eigenvalue weighted by Crippen LogP contribution is 2.17. The number of aliphatic imine (C=N–C) groups is 1. The molecule has 0 aromatic heterocycles. The summed E-state index contributed by atoms with van der Waals surface area (Å²) < 4.78 is 0. The molecule has 0 aliphatic rings. The van der Waals surface area contributed by atoms with Crippen molar-refractivity contribution >= 4 is 35.6 Å². The molecule has 0 saturated heterocycles. The van der Waals surface area contributed by atoms with Gasteiger partial charge in [-0.05, 0) is 62.1 Å². The van der Waals surface area contributed by atoms with E-state index in [1.165, 1.54) is 27.8 Å². The quantitative estimate of drug-likeness (QED) is 0.447. The molecule has 118 valence electrons. The van der Waals surface area contributed by atoms with E-state index in [1.54, 1.807) is 0 Å². The minimum absolute atomic E-state index is 0. The number of hydrogen-bond donors (Lipinski definition) is 2. The third-order valence-corrected chi connectivity index (χ3v) is 3.54. The lowest BCUT2D eigenvalue weighted by molar-refractivity contribution is 1.02. The van der Waals surface area contributed by atoms with E-state index in [0.717, 1.165) is 5.69 Å². The van der Waals surface area contributed by atoms with E-state index in [1.807, 2.05) is 18.2 Å². The predicted octanol–water partition coefficient (Wildman–Crippen LogP) is 4.47. The van der Waals surface area contributed by atoms with Gasteiger partial charge in [-0.3, -0.25) is 0 Å². The van der Waals surface area contributed by atoms with Gasteiger partial charge >= 0.3 is 0 Å². The summed E-state index contributed by atoms with van der Waals surface area (Å²) in [5.74, 6) is 0.444. The molecule has 4 heteroatoms. The van der Waals surface area contributed by atoms with Gasteiger partial charge in [0.05, 0.1) is 6.54 Å². The van der Waals surface area contributed by atoms with Crippen molar-refractivity contribution in [2.75, 3.05) is 5.32 Å². The van der Waals surface area contributed by atoms with Gasteiger partial charge in [0.25, 0.3) is 0 Å². The molecule has 3 N–H and O–H groups in total. The first-order valence-corrected chi connectivity index (χ1v) is 7.16. The zero-order valence-electron chi connectivity index (χ0n) is 13.6. The van der Waals surface area contributed by atoms with Crippen LogP contribution in [0.25, 0.3) is 0 Å². The normalized spacial score (nSPS) is 11.0. The Morgan fingerprint density at radius 1 is 1.00 bits per heavy atom. The van der Waals surface area contributed by atoms with Gasteiger partial charge in [0.15, 0.2) is 5.96 Å². The summed E-state index contributed by atoms with van der Waals surface area (Å²) in [7, 11) is 0. The number of nitrogens with zero attached hydrogens (tertiary/aromatic N) is 1. The lowest BCUT2D eigenvalue weighted by Crippen LogP contribution is -2.22. The summed E-state index contributed by atoms with van der Waals surface area (Å²) in [6, 6.07) is 12.4. The molecule has 0 aliphatic carbocycles. The Bertz CT molecular complexity index is 655. The first-order chi connectivity index (χ1) is 9.95. The fourth-order valence-corrected chi connectivity index (χ4v) is 2.53. The lowest BCUT2D eigenvalue weighted by Gasteiger charge is -2.10. The van der Waals surface area contributed by atoms with Crippen molar-refractivity contribution in [2.24, 2.45) is 10.7 Å². The standard InChI is InChI=1S/C18H23N3.HI/c1-12-6-5-7-16(10-12)21-18(19)20-11-17-14(3)8-13(2)9-15(17)4;/h5-10H,11H2,1-4H3,(H3,19,20,21);1H. The van der Waals surface area contributed by atoms with Gasteiger partial charge in [-0.1, -0.05) is 29.8 Å². The first-order valence-electron chi connectivity index (χ1n) is 7.16. The Kier molecular flexibility index (Phi) is 6.87. The van der Waals surface area contributed by atoms with E-state index in [0.29, 0.717) is 12.5 Å². The van der Waals surface area contributed by atoms with Crippen LogP contribution in [0.2, 0.25) is 0 Å². The molecule has 0 bridgehead atoms. The summed E-state index contributed by atoms with van der Waals surface area (Å²) in [4.78, 5) is 4.45. The Hall–Kier alpha value is -1.56. The minimum atomic E-state index is 0. The predicted molar refractivity (Wildman–Crippen MR) is 106 cm³/mol. The molecule has 0 atom stereocenters. The third kappa shape index (κ3) is 5.02. The van der Waals surface area contributed by atoms with Gasteiger partial charge < -0.3 is 11.1 Å². The molecule has 2 rings (SSSR count). The monoisotopic (exact) mass is 409 g/mol. The molecule has 0 fully saturated rings. The average Bonchev–Trinajstić information content (AvgIpc) is 2.37. The van der Waals surface area contributed by atoms with E-state index >= 15 is 0 Å². The molecule has 0 radical (unpaired) electrons. The highest BCUT2D eigenvalue weighted by Gasteiger charge is 2.03. The van der Waals surface area contributed by atoms with Crippen LogP contribution < -0.4 is 11.1 Å². The Labute approximate surface area is 150 Å². The average molecular weight is 409 g/mol. The lowest BCUT2D eigenvalue weighted by atomic mass is 10.00. The van der Waals surface area contributed by atoms with Crippen LogP contribution in [0.1, 0.15) is 27.8 Å². The van der Waals surface area contributed by atoms with Gasteiger partial charge in [0.1, 0.15) is 0 Å². The maximum absolute atomic E-state index is 5.97. The molecule has 2 aromatic carbocycles. The van der Waals surface area contributed by atoms with Crippen molar-refractivity contribution in [3.8, 4) is 0 Å². The maximum atomic E-state index is 5.97. The Morgan fingerprint density at radius 2 is 1.64 bits per heavy atom. The van der Waals surface area contributed by atoms with Crippen LogP contribution in [0.15, 0.2) is 41.4 Å². The van der Waals surface area contributed by atoms with E-state index in [4.69, 9.17) is 5.73 Å². The van der Waals surface area contributed by atoms with Crippen molar-refractivity contribution in [1.29, 1.82) is 0 Å². The number of aryl methyl sites for hydroxylation is 4. The minimum Gasteiger partial charge on any atom is -0.370 e. The summed E-state index contributed by atoms with van der Waals surface area (Å²) in [6.45, 7) is 9.00. The second kappa shape index (κ2) is 8.17. The molecular weight excluding hydrogens is 385 g/mol. The van der Waals surface area contributed by atoms with E-state index in [-0.39, 0.29) is 24.0 Å². The third-order valence-electron chi connectivity index (χ3n) is 3.54. The van der Waals surface area contributed by atoms with Crippen molar-refractivity contribution < 1.29 is 0 Å². The van der Waals surface area contributed by atoms with Crippen LogP contribution >= 0.6 is 24.0 Å². The van der Waals surface area contributed by atoms with Gasteiger partial charge in [0.2, 0.25) is 0 Å². The summed E-state index contributed by atoms with van der Waals surface area (Å²) in [5.41, 5.74) is 13.2. The number of halogens is 1. The molecule has 0 unspecified atom stereocenters. The van der Waals surface area contributed by atoms with Gasteiger partial charge in [-0.15, -0.1) is 24.0 Å². The van der Waals surface area contributed by atoms with Gasteiger partial charge in [-0.2, -0.15) is 0 Å². The van der Waals surface area contributed by atoms with Gasteiger partial charge in [-0.25, -0.2) is 4.99 Å². The molecule has 0 heterocycles. The molecule has 0 saturated carbocycles. The Morgan fingerprint density at radius 3 is 2.23 bits per heavy atom. The fraction of sp³-hybridized carbons (Fsp3) is 0.278. The number of benzene rings is 2.